The van der Waals surface area contributed by atoms with Crippen LogP contribution in [0.5, 0.6) is 5.75 Å². The molecule has 104 valence electrons. The molecule has 0 aliphatic carbocycles. The number of aromatic hydroxyl groups is 1. The predicted octanol–water partition coefficient (Wildman–Crippen LogP) is 2.90. The van der Waals surface area contributed by atoms with Crippen LogP contribution in [0, 0.1) is 0 Å². The van der Waals surface area contributed by atoms with E-state index in [1.165, 1.54) is 12.7 Å². The minimum Gasteiger partial charge on any atom is -0.507 e. The Morgan fingerprint density at radius 2 is 2.05 bits per heavy atom. The molecule has 2 rings (SSSR count). The Bertz CT molecular complexity index is 599. The van der Waals surface area contributed by atoms with E-state index in [9.17, 15) is 5.11 Å². The topological polar surface area (TPSA) is 68.1 Å². The van der Waals surface area contributed by atoms with Crippen molar-refractivity contribution in [2.45, 2.75) is 20.0 Å². The third kappa shape index (κ3) is 3.39. The molecule has 0 saturated heterocycles. The summed E-state index contributed by atoms with van der Waals surface area (Å²) < 4.78 is 5.64. The number of rotatable bonds is 5. The van der Waals surface area contributed by atoms with Crippen molar-refractivity contribution in [2.75, 3.05) is 6.61 Å². The Labute approximate surface area is 118 Å². The summed E-state index contributed by atoms with van der Waals surface area (Å²) in [5.74, 6) is 0.569. The number of phenolic OH excluding ortho intramolecular Hbond substituents is 1. The molecule has 5 nitrogen and oxygen atoms in total. The van der Waals surface area contributed by atoms with Crippen molar-refractivity contribution in [1.82, 2.24) is 15.0 Å². The molecule has 1 unspecified atom stereocenters. The molecule has 0 aliphatic rings. The van der Waals surface area contributed by atoms with Crippen LogP contribution < -0.4 is 0 Å². The van der Waals surface area contributed by atoms with Gasteiger partial charge in [0.1, 0.15) is 18.4 Å². The van der Waals surface area contributed by atoms with E-state index < -0.39 is 0 Å². The van der Waals surface area contributed by atoms with Crippen LogP contribution in [-0.2, 0) is 4.74 Å². The van der Waals surface area contributed by atoms with Crippen LogP contribution in [0.1, 0.15) is 25.5 Å². The first-order valence-corrected chi connectivity index (χ1v) is 6.29. The minimum atomic E-state index is -0.120. The highest BCUT2D eigenvalue weighted by atomic mass is 16.5. The fourth-order valence-electron chi connectivity index (χ4n) is 1.73. The van der Waals surface area contributed by atoms with Crippen molar-refractivity contribution in [2.24, 2.45) is 0 Å². The molecule has 0 spiro atoms. The monoisotopic (exact) mass is 271 g/mol. The average Bonchev–Trinajstić information content (AvgIpc) is 2.45. The molecule has 0 aliphatic heterocycles. The van der Waals surface area contributed by atoms with E-state index in [0.29, 0.717) is 18.0 Å². The van der Waals surface area contributed by atoms with E-state index in [1.807, 2.05) is 19.9 Å². The molecular weight excluding hydrogens is 254 g/mol. The van der Waals surface area contributed by atoms with E-state index in [-0.39, 0.29) is 11.9 Å². The summed E-state index contributed by atoms with van der Waals surface area (Å²) in [6.45, 7) is 8.13. The zero-order valence-corrected chi connectivity index (χ0v) is 11.6. The van der Waals surface area contributed by atoms with Gasteiger partial charge in [0.15, 0.2) is 5.82 Å². The van der Waals surface area contributed by atoms with Gasteiger partial charge in [-0.3, -0.25) is 0 Å². The van der Waals surface area contributed by atoms with Gasteiger partial charge in [0.05, 0.1) is 18.3 Å². The van der Waals surface area contributed by atoms with Crippen molar-refractivity contribution in [3.63, 3.8) is 0 Å². The molecule has 5 heteroatoms. The number of aromatic nitrogens is 3. The largest absolute Gasteiger partial charge is 0.507 e. The number of ether oxygens (including phenoxy) is 1. The van der Waals surface area contributed by atoms with Gasteiger partial charge >= 0.3 is 0 Å². The number of phenols is 1. The summed E-state index contributed by atoms with van der Waals surface area (Å²) in [6, 6.07) is 5.34. The lowest BCUT2D eigenvalue weighted by Gasteiger charge is -2.14. The average molecular weight is 271 g/mol. The fraction of sp³-hybridized carbons (Fsp3) is 0.267. The second-order valence-electron chi connectivity index (χ2n) is 4.65. The highest BCUT2D eigenvalue weighted by molar-refractivity contribution is 5.63. The lowest BCUT2D eigenvalue weighted by atomic mass is 10.1. The van der Waals surface area contributed by atoms with Crippen LogP contribution in [0.3, 0.4) is 0 Å². The second-order valence-corrected chi connectivity index (χ2v) is 4.65. The van der Waals surface area contributed by atoms with Gasteiger partial charge in [-0.2, -0.15) is 0 Å². The van der Waals surface area contributed by atoms with Crippen LogP contribution in [-0.4, -0.2) is 26.7 Å². The smallest absolute Gasteiger partial charge is 0.166 e. The normalized spacial score (nSPS) is 12.1. The molecule has 1 atom stereocenters. The maximum absolute atomic E-state index is 10.1. The summed E-state index contributed by atoms with van der Waals surface area (Å²) in [7, 11) is 0. The fourth-order valence-corrected chi connectivity index (χ4v) is 1.73. The van der Waals surface area contributed by atoms with Gasteiger partial charge in [-0.15, -0.1) is 0 Å². The van der Waals surface area contributed by atoms with Crippen LogP contribution in [0.2, 0.25) is 0 Å². The van der Waals surface area contributed by atoms with Crippen molar-refractivity contribution in [3.05, 3.63) is 48.6 Å². The number of nitrogens with zero attached hydrogens (tertiary/aromatic N) is 3. The van der Waals surface area contributed by atoms with Crippen molar-refractivity contribution >= 4 is 0 Å². The lowest BCUT2D eigenvalue weighted by Crippen LogP contribution is -2.02. The van der Waals surface area contributed by atoms with Crippen LogP contribution in [0.4, 0.5) is 0 Å². The Balaban J connectivity index is 2.20. The van der Waals surface area contributed by atoms with E-state index >= 15 is 0 Å². The standard InChI is InChI=1S/C15H17N3O2/c1-10(2)7-20-11(3)12-4-5-13(14(19)6-12)15-17-8-16-9-18-15/h4-6,8-9,11,19H,1,7H2,2-3H3. The third-order valence-electron chi connectivity index (χ3n) is 2.81. The molecular formula is C15H17N3O2. The van der Waals surface area contributed by atoms with E-state index in [2.05, 4.69) is 21.5 Å². The molecule has 2 aromatic rings. The van der Waals surface area contributed by atoms with E-state index in [1.54, 1.807) is 12.1 Å². The third-order valence-corrected chi connectivity index (χ3v) is 2.81. The SMILES string of the molecule is C=C(C)COC(C)c1ccc(-c2ncncn2)c(O)c1. The summed E-state index contributed by atoms with van der Waals surface area (Å²) in [5.41, 5.74) is 2.42. The first kappa shape index (κ1) is 14.1. The van der Waals surface area contributed by atoms with Gasteiger partial charge in [0.25, 0.3) is 0 Å². The van der Waals surface area contributed by atoms with Gasteiger partial charge in [0.2, 0.25) is 0 Å². The number of hydrogen-bond acceptors (Lipinski definition) is 5. The van der Waals surface area contributed by atoms with Gasteiger partial charge in [-0.25, -0.2) is 15.0 Å². The summed E-state index contributed by atoms with van der Waals surface area (Å²) in [5, 5.41) is 10.1. The second kappa shape index (κ2) is 6.25. The summed E-state index contributed by atoms with van der Waals surface area (Å²) >= 11 is 0. The first-order chi connectivity index (χ1) is 9.58. The lowest BCUT2D eigenvalue weighted by molar-refractivity contribution is 0.0837. The molecule has 0 fully saturated rings. The highest BCUT2D eigenvalue weighted by Crippen LogP contribution is 2.30. The highest BCUT2D eigenvalue weighted by Gasteiger charge is 2.11. The van der Waals surface area contributed by atoms with Crippen LogP contribution in [0.15, 0.2) is 43.0 Å². The molecule has 1 aromatic carbocycles. The molecule has 1 N–H and O–H groups in total. The van der Waals surface area contributed by atoms with Gasteiger partial charge < -0.3 is 9.84 Å². The molecule has 20 heavy (non-hydrogen) atoms. The van der Waals surface area contributed by atoms with Crippen molar-refractivity contribution < 1.29 is 9.84 Å². The molecule has 0 saturated carbocycles. The van der Waals surface area contributed by atoms with Gasteiger partial charge in [-0.1, -0.05) is 18.2 Å². The maximum atomic E-state index is 10.1. The van der Waals surface area contributed by atoms with Crippen LogP contribution in [0.25, 0.3) is 11.4 Å². The predicted molar refractivity (Wildman–Crippen MR) is 76.1 cm³/mol. The quantitative estimate of drug-likeness (QED) is 0.847. The van der Waals surface area contributed by atoms with Gasteiger partial charge in [-0.05, 0) is 31.5 Å². The summed E-state index contributed by atoms with van der Waals surface area (Å²) in [6.07, 6.45) is 2.67. The molecule has 0 radical (unpaired) electrons. The van der Waals surface area contributed by atoms with Gasteiger partial charge in [0, 0.05) is 0 Å². The first-order valence-electron chi connectivity index (χ1n) is 6.29. The zero-order chi connectivity index (χ0) is 14.5. The van der Waals surface area contributed by atoms with Crippen molar-refractivity contribution in [1.29, 1.82) is 0 Å². The minimum absolute atomic E-state index is 0.120. The Morgan fingerprint density at radius 3 is 2.65 bits per heavy atom. The number of benzene rings is 1. The van der Waals surface area contributed by atoms with Crippen LogP contribution >= 0.6 is 0 Å². The Morgan fingerprint density at radius 1 is 1.35 bits per heavy atom. The Hall–Kier alpha value is -2.27. The molecule has 1 aromatic heterocycles. The summed E-state index contributed by atoms with van der Waals surface area (Å²) in [4.78, 5) is 11.8. The zero-order valence-electron chi connectivity index (χ0n) is 11.6. The molecule has 0 bridgehead atoms. The molecule has 0 amide bonds. The maximum Gasteiger partial charge on any atom is 0.166 e. The number of hydrogen-bond donors (Lipinski definition) is 1. The van der Waals surface area contributed by atoms with Crippen molar-refractivity contribution in [3.8, 4) is 17.1 Å². The van der Waals surface area contributed by atoms with E-state index in [4.69, 9.17) is 4.74 Å². The molecule has 1 heterocycles. The Kier molecular flexibility index (Phi) is 4.42. The van der Waals surface area contributed by atoms with E-state index in [0.717, 1.165) is 11.1 Å².